The highest BCUT2D eigenvalue weighted by Gasteiger charge is 2.06. The number of hydrazine groups is 1. The van der Waals surface area contributed by atoms with Gasteiger partial charge in [-0.25, -0.2) is 15.8 Å². The molecule has 0 aliphatic heterocycles. The first-order valence-corrected chi connectivity index (χ1v) is 5.75. The molecule has 0 atom stereocenters. The van der Waals surface area contributed by atoms with E-state index in [1.54, 1.807) is 12.4 Å². The molecule has 0 aliphatic carbocycles. The van der Waals surface area contributed by atoms with Gasteiger partial charge >= 0.3 is 0 Å². The highest BCUT2D eigenvalue weighted by atomic mass is 16.1. The molecule has 0 bridgehead atoms. The van der Waals surface area contributed by atoms with Crippen LogP contribution in [0.3, 0.4) is 0 Å². The van der Waals surface area contributed by atoms with Crippen molar-refractivity contribution in [2.24, 2.45) is 5.84 Å². The summed E-state index contributed by atoms with van der Waals surface area (Å²) >= 11 is 0. The van der Waals surface area contributed by atoms with E-state index in [0.29, 0.717) is 12.4 Å². The molecule has 2 rings (SSSR count). The average molecular weight is 258 g/mol. The standard InChI is InChI=1S/C12H14N6O/c13-18-11-8-16-10(7-17-11)12(19)15-5-3-9-2-1-4-14-6-9/h1-2,4,6-8H,3,5,13H2,(H,15,19)(H,17,18). The maximum atomic E-state index is 11.8. The lowest BCUT2D eigenvalue weighted by Gasteiger charge is -2.05. The van der Waals surface area contributed by atoms with E-state index in [9.17, 15) is 4.79 Å². The smallest absolute Gasteiger partial charge is 0.271 e. The van der Waals surface area contributed by atoms with Gasteiger partial charge in [0.15, 0.2) is 5.82 Å². The number of nitrogens with two attached hydrogens (primary N) is 1. The summed E-state index contributed by atoms with van der Waals surface area (Å²) in [6.07, 6.45) is 6.97. The molecule has 2 aromatic rings. The molecule has 2 heterocycles. The Labute approximate surface area is 110 Å². The number of nitrogen functional groups attached to an aromatic ring is 1. The second kappa shape index (κ2) is 6.41. The SMILES string of the molecule is NNc1cnc(C(=O)NCCc2cccnc2)cn1. The van der Waals surface area contributed by atoms with Crippen molar-refractivity contribution in [1.82, 2.24) is 20.3 Å². The number of nitrogens with one attached hydrogen (secondary N) is 2. The van der Waals surface area contributed by atoms with E-state index in [0.717, 1.165) is 12.0 Å². The topological polar surface area (TPSA) is 106 Å². The molecule has 7 nitrogen and oxygen atoms in total. The van der Waals surface area contributed by atoms with Gasteiger partial charge in [0.05, 0.1) is 12.4 Å². The van der Waals surface area contributed by atoms with Crippen LogP contribution < -0.4 is 16.6 Å². The molecule has 2 aromatic heterocycles. The third-order valence-corrected chi connectivity index (χ3v) is 2.45. The Bertz CT molecular complexity index is 528. The summed E-state index contributed by atoms with van der Waals surface area (Å²) in [6.45, 7) is 0.517. The summed E-state index contributed by atoms with van der Waals surface area (Å²) in [7, 11) is 0. The van der Waals surface area contributed by atoms with Crippen LogP contribution in [0.5, 0.6) is 0 Å². The molecule has 0 unspecified atom stereocenters. The zero-order valence-electron chi connectivity index (χ0n) is 10.2. The molecule has 4 N–H and O–H groups in total. The van der Waals surface area contributed by atoms with Gasteiger partial charge in [-0.1, -0.05) is 6.07 Å². The molecule has 0 fully saturated rings. The molecule has 0 saturated carbocycles. The van der Waals surface area contributed by atoms with E-state index in [2.05, 4.69) is 25.7 Å². The van der Waals surface area contributed by atoms with Crippen molar-refractivity contribution in [3.8, 4) is 0 Å². The number of hydrogen-bond acceptors (Lipinski definition) is 6. The normalized spacial score (nSPS) is 9.95. The Hall–Kier alpha value is -2.54. The molecular weight excluding hydrogens is 244 g/mol. The number of aromatic nitrogens is 3. The van der Waals surface area contributed by atoms with Crippen molar-refractivity contribution in [3.63, 3.8) is 0 Å². The zero-order valence-corrected chi connectivity index (χ0v) is 10.2. The second-order valence-corrected chi connectivity index (χ2v) is 3.80. The summed E-state index contributed by atoms with van der Waals surface area (Å²) in [6, 6.07) is 3.82. The van der Waals surface area contributed by atoms with Crippen LogP contribution in [-0.2, 0) is 6.42 Å². The minimum absolute atomic E-state index is 0.255. The fraction of sp³-hybridized carbons (Fsp3) is 0.167. The number of carbonyl (C=O) groups excluding carboxylic acids is 1. The summed E-state index contributed by atoms with van der Waals surface area (Å²) in [5, 5.41) is 2.76. The average Bonchev–Trinajstić information content (AvgIpc) is 2.48. The first kappa shape index (κ1) is 12.9. The fourth-order valence-corrected chi connectivity index (χ4v) is 1.48. The van der Waals surface area contributed by atoms with Crippen molar-refractivity contribution < 1.29 is 4.79 Å². The highest BCUT2D eigenvalue weighted by Crippen LogP contribution is 1.99. The Morgan fingerprint density at radius 1 is 1.26 bits per heavy atom. The maximum Gasteiger partial charge on any atom is 0.271 e. The summed E-state index contributed by atoms with van der Waals surface area (Å²) in [5.74, 6) is 5.31. The van der Waals surface area contributed by atoms with E-state index in [1.165, 1.54) is 12.4 Å². The van der Waals surface area contributed by atoms with Gasteiger partial charge in [-0.05, 0) is 18.1 Å². The molecule has 1 amide bonds. The maximum absolute atomic E-state index is 11.8. The summed E-state index contributed by atoms with van der Waals surface area (Å²) in [4.78, 5) is 23.6. The minimum atomic E-state index is -0.264. The largest absolute Gasteiger partial charge is 0.350 e. The van der Waals surface area contributed by atoms with Crippen LogP contribution in [0.15, 0.2) is 36.9 Å². The number of rotatable bonds is 5. The molecule has 0 aliphatic rings. The predicted molar refractivity (Wildman–Crippen MR) is 70.1 cm³/mol. The Balaban J connectivity index is 1.84. The van der Waals surface area contributed by atoms with Gasteiger partial charge in [0, 0.05) is 18.9 Å². The Kier molecular flexibility index (Phi) is 4.35. The van der Waals surface area contributed by atoms with Crippen molar-refractivity contribution in [3.05, 3.63) is 48.2 Å². The predicted octanol–water partition coefficient (Wildman–Crippen LogP) is 0.130. The van der Waals surface area contributed by atoms with Crippen LogP contribution in [-0.4, -0.2) is 27.4 Å². The van der Waals surface area contributed by atoms with Crippen molar-refractivity contribution >= 4 is 11.7 Å². The van der Waals surface area contributed by atoms with Crippen LogP contribution in [0.1, 0.15) is 16.1 Å². The monoisotopic (exact) mass is 258 g/mol. The van der Waals surface area contributed by atoms with Crippen LogP contribution in [0.25, 0.3) is 0 Å². The molecule has 0 radical (unpaired) electrons. The molecule has 0 aromatic carbocycles. The lowest BCUT2D eigenvalue weighted by atomic mass is 10.2. The first-order chi connectivity index (χ1) is 9.29. The minimum Gasteiger partial charge on any atom is -0.350 e. The first-order valence-electron chi connectivity index (χ1n) is 5.75. The van der Waals surface area contributed by atoms with Crippen LogP contribution in [0, 0.1) is 0 Å². The molecule has 98 valence electrons. The third kappa shape index (κ3) is 3.71. The number of carbonyl (C=O) groups is 1. The molecule has 0 spiro atoms. The zero-order chi connectivity index (χ0) is 13.5. The van der Waals surface area contributed by atoms with Crippen molar-refractivity contribution in [2.45, 2.75) is 6.42 Å². The summed E-state index contributed by atoms with van der Waals surface area (Å²) < 4.78 is 0. The van der Waals surface area contributed by atoms with Crippen LogP contribution in [0.2, 0.25) is 0 Å². The number of pyridine rings is 1. The van der Waals surface area contributed by atoms with Crippen LogP contribution >= 0.6 is 0 Å². The van der Waals surface area contributed by atoms with E-state index in [4.69, 9.17) is 5.84 Å². The highest BCUT2D eigenvalue weighted by molar-refractivity contribution is 5.91. The molecule has 19 heavy (non-hydrogen) atoms. The molecule has 0 saturated heterocycles. The quantitative estimate of drug-likeness (QED) is 0.520. The van der Waals surface area contributed by atoms with Crippen molar-refractivity contribution in [1.29, 1.82) is 0 Å². The second-order valence-electron chi connectivity index (χ2n) is 3.80. The van der Waals surface area contributed by atoms with Crippen LogP contribution in [0.4, 0.5) is 5.82 Å². The Morgan fingerprint density at radius 2 is 2.16 bits per heavy atom. The number of nitrogens with zero attached hydrogens (tertiary/aromatic N) is 3. The molecular formula is C12H14N6O. The van der Waals surface area contributed by atoms with Gasteiger partial charge in [-0.15, -0.1) is 0 Å². The Morgan fingerprint density at radius 3 is 2.79 bits per heavy atom. The van der Waals surface area contributed by atoms with E-state index in [1.807, 2.05) is 12.1 Å². The van der Waals surface area contributed by atoms with Crippen molar-refractivity contribution in [2.75, 3.05) is 12.0 Å². The van der Waals surface area contributed by atoms with E-state index >= 15 is 0 Å². The van der Waals surface area contributed by atoms with Gasteiger partial charge in [0.25, 0.3) is 5.91 Å². The van der Waals surface area contributed by atoms with E-state index in [-0.39, 0.29) is 11.6 Å². The summed E-state index contributed by atoms with van der Waals surface area (Å²) in [5.41, 5.74) is 3.67. The fourth-order valence-electron chi connectivity index (χ4n) is 1.48. The third-order valence-electron chi connectivity index (χ3n) is 2.45. The van der Waals surface area contributed by atoms with Gasteiger partial charge in [0.2, 0.25) is 0 Å². The number of amides is 1. The van der Waals surface area contributed by atoms with Gasteiger partial charge in [-0.2, -0.15) is 0 Å². The van der Waals surface area contributed by atoms with Gasteiger partial charge in [-0.3, -0.25) is 9.78 Å². The number of hydrogen-bond donors (Lipinski definition) is 3. The lowest BCUT2D eigenvalue weighted by molar-refractivity contribution is 0.0949. The number of anilines is 1. The van der Waals surface area contributed by atoms with E-state index < -0.39 is 0 Å². The molecule has 7 heteroatoms. The van der Waals surface area contributed by atoms with Gasteiger partial charge < -0.3 is 10.7 Å². The van der Waals surface area contributed by atoms with Gasteiger partial charge in [0.1, 0.15) is 5.69 Å². The lowest BCUT2D eigenvalue weighted by Crippen LogP contribution is -2.26.